The molecule has 1 unspecified atom stereocenters. The molecule has 2 saturated carbocycles. The Morgan fingerprint density at radius 3 is 2.77 bits per heavy atom. The molecule has 1 aliphatic heterocycles. The van der Waals surface area contributed by atoms with Gasteiger partial charge in [-0.25, -0.2) is 9.97 Å². The molecule has 8 nitrogen and oxygen atoms in total. The zero-order valence-corrected chi connectivity index (χ0v) is 20.3. The van der Waals surface area contributed by atoms with Crippen molar-refractivity contribution in [3.63, 3.8) is 0 Å². The number of hydrogen-bond acceptors (Lipinski definition) is 6. The van der Waals surface area contributed by atoms with Gasteiger partial charge in [-0.15, -0.1) is 0 Å². The second-order valence-corrected chi connectivity index (χ2v) is 10.6. The molecule has 2 aromatic heterocycles. The molecular weight excluding hydrogens is 444 g/mol. The molecule has 0 aromatic carbocycles. The van der Waals surface area contributed by atoms with Gasteiger partial charge in [0.15, 0.2) is 0 Å². The number of carbonyl (C=O) groups is 2. The number of rotatable bonds is 9. The molecular formula is C27H34N4O4. The van der Waals surface area contributed by atoms with Crippen molar-refractivity contribution >= 4 is 17.7 Å². The monoisotopic (exact) mass is 478 g/mol. The minimum Gasteiger partial charge on any atom is -0.481 e. The number of pyridine rings is 2. The highest BCUT2D eigenvalue weighted by Gasteiger charge is 2.54. The van der Waals surface area contributed by atoms with E-state index in [1.165, 1.54) is 37.6 Å². The number of aryl methyl sites for hydroxylation is 2. The Kier molecular flexibility index (Phi) is 6.62. The van der Waals surface area contributed by atoms with Crippen LogP contribution in [0.5, 0.6) is 5.88 Å². The molecule has 2 fully saturated rings. The van der Waals surface area contributed by atoms with Crippen LogP contribution in [-0.4, -0.2) is 40.6 Å². The quantitative estimate of drug-likeness (QED) is 0.501. The van der Waals surface area contributed by atoms with Crippen LogP contribution in [0, 0.1) is 17.3 Å². The summed E-state index contributed by atoms with van der Waals surface area (Å²) in [6, 6.07) is 7.24. The SMILES string of the molecule is COc1ccc(C(CC(=O)O)NC(=O)C2CC3(CC(CCc4ccc5c(n4)NCCC5)C3)C2)cn1. The highest BCUT2D eigenvalue weighted by molar-refractivity contribution is 5.81. The summed E-state index contributed by atoms with van der Waals surface area (Å²) in [6.07, 6.45) is 10.0. The second kappa shape index (κ2) is 9.84. The molecule has 3 aliphatic rings. The average molecular weight is 479 g/mol. The van der Waals surface area contributed by atoms with Crippen molar-refractivity contribution in [1.29, 1.82) is 0 Å². The Labute approximate surface area is 205 Å². The number of nitrogens with zero attached hydrogens (tertiary/aromatic N) is 2. The Hall–Kier alpha value is -3.16. The van der Waals surface area contributed by atoms with Crippen molar-refractivity contribution in [3.8, 4) is 5.88 Å². The maximum atomic E-state index is 12.9. The molecule has 3 N–H and O–H groups in total. The topological polar surface area (TPSA) is 113 Å². The molecule has 8 heteroatoms. The van der Waals surface area contributed by atoms with Gasteiger partial charge in [-0.1, -0.05) is 12.1 Å². The summed E-state index contributed by atoms with van der Waals surface area (Å²) in [5.41, 5.74) is 3.48. The smallest absolute Gasteiger partial charge is 0.305 e. The predicted octanol–water partition coefficient (Wildman–Crippen LogP) is 3.91. The number of amides is 1. The van der Waals surface area contributed by atoms with Crippen molar-refractivity contribution in [2.24, 2.45) is 17.3 Å². The number of methoxy groups -OCH3 is 1. The van der Waals surface area contributed by atoms with Crippen molar-refractivity contribution in [1.82, 2.24) is 15.3 Å². The molecule has 2 aliphatic carbocycles. The summed E-state index contributed by atoms with van der Waals surface area (Å²) >= 11 is 0. The van der Waals surface area contributed by atoms with Crippen LogP contribution in [-0.2, 0) is 22.4 Å². The predicted molar refractivity (Wildman–Crippen MR) is 131 cm³/mol. The number of hydrogen-bond donors (Lipinski definition) is 3. The third-order valence-electron chi connectivity index (χ3n) is 8.00. The van der Waals surface area contributed by atoms with E-state index in [1.54, 1.807) is 18.3 Å². The van der Waals surface area contributed by atoms with E-state index >= 15 is 0 Å². The fraction of sp³-hybridized carbons (Fsp3) is 0.556. The molecule has 2 aromatic rings. The molecule has 1 atom stereocenters. The minimum atomic E-state index is -0.956. The maximum absolute atomic E-state index is 12.9. The van der Waals surface area contributed by atoms with E-state index in [2.05, 4.69) is 27.8 Å². The van der Waals surface area contributed by atoms with E-state index in [1.807, 2.05) is 0 Å². The fourth-order valence-electron chi connectivity index (χ4n) is 6.17. The van der Waals surface area contributed by atoms with Crippen LogP contribution in [0.1, 0.15) is 67.8 Å². The number of aromatic nitrogens is 2. The summed E-state index contributed by atoms with van der Waals surface area (Å²) in [4.78, 5) is 33.2. The number of carbonyl (C=O) groups excluding carboxylic acids is 1. The zero-order valence-electron chi connectivity index (χ0n) is 20.3. The lowest BCUT2D eigenvalue weighted by atomic mass is 9.47. The summed E-state index contributed by atoms with van der Waals surface area (Å²) in [6.45, 7) is 1.01. The maximum Gasteiger partial charge on any atom is 0.305 e. The Bertz CT molecular complexity index is 1070. The third kappa shape index (κ3) is 5.26. The lowest BCUT2D eigenvalue weighted by Crippen LogP contribution is -2.52. The minimum absolute atomic E-state index is 0.0353. The Balaban J connectivity index is 1.08. The van der Waals surface area contributed by atoms with E-state index in [4.69, 9.17) is 9.72 Å². The van der Waals surface area contributed by atoms with Gasteiger partial charge >= 0.3 is 5.97 Å². The number of aliphatic carboxylic acids is 1. The number of nitrogens with one attached hydrogen (secondary N) is 2. The summed E-state index contributed by atoms with van der Waals surface area (Å²) in [5.74, 6) is 1.18. The van der Waals surface area contributed by atoms with Crippen LogP contribution in [0.3, 0.4) is 0 Å². The first-order valence-corrected chi connectivity index (χ1v) is 12.7. The van der Waals surface area contributed by atoms with Crippen LogP contribution in [0.4, 0.5) is 5.82 Å². The van der Waals surface area contributed by atoms with Gasteiger partial charge in [0.05, 0.1) is 19.6 Å². The highest BCUT2D eigenvalue weighted by Crippen LogP contribution is 2.62. The van der Waals surface area contributed by atoms with Crippen molar-refractivity contribution < 1.29 is 19.4 Å². The summed E-state index contributed by atoms with van der Waals surface area (Å²) in [5, 5.41) is 15.7. The van der Waals surface area contributed by atoms with E-state index < -0.39 is 12.0 Å². The normalized spacial score (nSPS) is 25.4. The third-order valence-corrected chi connectivity index (χ3v) is 8.00. The van der Waals surface area contributed by atoms with Crippen LogP contribution < -0.4 is 15.4 Å². The lowest BCUT2D eigenvalue weighted by Gasteiger charge is -2.57. The molecule has 1 amide bonds. The number of ether oxygens (including phenoxy) is 1. The summed E-state index contributed by atoms with van der Waals surface area (Å²) < 4.78 is 5.07. The molecule has 35 heavy (non-hydrogen) atoms. The van der Waals surface area contributed by atoms with Crippen molar-refractivity contribution in [2.45, 2.75) is 63.8 Å². The molecule has 0 bridgehead atoms. The summed E-state index contributed by atoms with van der Waals surface area (Å²) in [7, 11) is 1.53. The highest BCUT2D eigenvalue weighted by atomic mass is 16.5. The largest absolute Gasteiger partial charge is 0.481 e. The van der Waals surface area contributed by atoms with E-state index in [0.29, 0.717) is 22.8 Å². The van der Waals surface area contributed by atoms with E-state index in [9.17, 15) is 14.7 Å². The van der Waals surface area contributed by atoms with Gasteiger partial charge in [-0.3, -0.25) is 9.59 Å². The number of fused-ring (bicyclic) bond motifs is 1. The molecule has 186 valence electrons. The van der Waals surface area contributed by atoms with Gasteiger partial charge in [-0.05, 0) is 79.9 Å². The van der Waals surface area contributed by atoms with Gasteiger partial charge in [-0.2, -0.15) is 0 Å². The zero-order chi connectivity index (χ0) is 24.4. The van der Waals surface area contributed by atoms with Crippen LogP contribution in [0.25, 0.3) is 0 Å². The van der Waals surface area contributed by atoms with Crippen LogP contribution >= 0.6 is 0 Å². The molecule has 0 saturated heterocycles. The molecule has 3 heterocycles. The van der Waals surface area contributed by atoms with Gasteiger partial charge in [0.2, 0.25) is 11.8 Å². The standard InChI is InChI=1S/C27H34N4O4/c1-35-23-9-6-19(16-29-23)22(11-24(32)33)31-26(34)20-14-27(15-20)12-17(13-27)4-7-21-8-5-18-3-2-10-28-25(18)30-21/h5-6,8-9,16-17,20,22H,2-4,7,10-15H2,1H3,(H,28,30)(H,31,34)(H,32,33). The van der Waals surface area contributed by atoms with Gasteiger partial charge < -0.3 is 20.5 Å². The number of carboxylic acids is 1. The lowest BCUT2D eigenvalue weighted by molar-refractivity contribution is -0.143. The van der Waals surface area contributed by atoms with E-state index in [0.717, 1.165) is 44.5 Å². The first-order chi connectivity index (χ1) is 16.9. The second-order valence-electron chi connectivity index (χ2n) is 10.6. The number of carboxylic acid groups (broad SMARTS) is 1. The Morgan fingerprint density at radius 2 is 2.06 bits per heavy atom. The van der Waals surface area contributed by atoms with Gasteiger partial charge in [0, 0.05) is 30.4 Å². The molecule has 0 radical (unpaired) electrons. The van der Waals surface area contributed by atoms with Crippen molar-refractivity contribution in [2.75, 3.05) is 19.0 Å². The molecule has 5 rings (SSSR count). The average Bonchev–Trinajstić information content (AvgIpc) is 2.81. The van der Waals surface area contributed by atoms with Gasteiger partial charge in [0.1, 0.15) is 5.82 Å². The van der Waals surface area contributed by atoms with Gasteiger partial charge in [0.25, 0.3) is 0 Å². The first-order valence-electron chi connectivity index (χ1n) is 12.7. The van der Waals surface area contributed by atoms with Crippen LogP contribution in [0.15, 0.2) is 30.5 Å². The fourth-order valence-corrected chi connectivity index (χ4v) is 6.17. The van der Waals surface area contributed by atoms with E-state index in [-0.39, 0.29) is 18.2 Å². The Morgan fingerprint density at radius 1 is 1.23 bits per heavy atom. The number of anilines is 1. The van der Waals surface area contributed by atoms with Crippen molar-refractivity contribution in [3.05, 3.63) is 47.3 Å². The van der Waals surface area contributed by atoms with Crippen LogP contribution in [0.2, 0.25) is 0 Å². The first kappa shape index (κ1) is 23.6. The molecule has 1 spiro atoms.